The summed E-state index contributed by atoms with van der Waals surface area (Å²) in [7, 11) is 0. The minimum atomic E-state index is 0.544. The first-order chi connectivity index (χ1) is 10.2. The van der Waals surface area contributed by atoms with Crippen LogP contribution >= 0.6 is 11.8 Å². The molecular formula is C16H22N4S. The van der Waals surface area contributed by atoms with Gasteiger partial charge in [-0.2, -0.15) is 11.8 Å². The van der Waals surface area contributed by atoms with Gasteiger partial charge in [0.25, 0.3) is 0 Å². The molecule has 112 valence electrons. The van der Waals surface area contributed by atoms with Crippen molar-refractivity contribution in [2.24, 2.45) is 0 Å². The molecule has 0 spiro atoms. The SMILES string of the molecule is CCNc1cc(NCC(C)SC)nc(-c2ccccc2)n1. The maximum absolute atomic E-state index is 4.62. The fourth-order valence-electron chi connectivity index (χ4n) is 1.86. The molecule has 1 atom stereocenters. The summed E-state index contributed by atoms with van der Waals surface area (Å²) in [5.41, 5.74) is 1.03. The van der Waals surface area contributed by atoms with E-state index >= 15 is 0 Å². The molecule has 1 unspecified atom stereocenters. The summed E-state index contributed by atoms with van der Waals surface area (Å²) in [6.07, 6.45) is 2.12. The third-order valence-corrected chi connectivity index (χ3v) is 4.06. The summed E-state index contributed by atoms with van der Waals surface area (Å²) in [5.74, 6) is 2.46. The van der Waals surface area contributed by atoms with Crippen molar-refractivity contribution < 1.29 is 0 Å². The number of aromatic nitrogens is 2. The summed E-state index contributed by atoms with van der Waals surface area (Å²) in [4.78, 5) is 9.19. The average molecular weight is 302 g/mol. The van der Waals surface area contributed by atoms with Crippen LogP contribution in [0.4, 0.5) is 11.6 Å². The first-order valence-electron chi connectivity index (χ1n) is 7.18. The maximum atomic E-state index is 4.62. The zero-order valence-corrected chi connectivity index (χ0v) is 13.6. The van der Waals surface area contributed by atoms with E-state index < -0.39 is 0 Å². The number of nitrogens with one attached hydrogen (secondary N) is 2. The van der Waals surface area contributed by atoms with Crippen molar-refractivity contribution in [1.29, 1.82) is 0 Å². The second kappa shape index (κ2) is 7.88. The second-order valence-corrected chi connectivity index (χ2v) is 6.06. The highest BCUT2D eigenvalue weighted by atomic mass is 32.2. The Labute approximate surface area is 130 Å². The quantitative estimate of drug-likeness (QED) is 0.816. The lowest BCUT2D eigenvalue weighted by molar-refractivity contribution is 0.986. The molecule has 4 nitrogen and oxygen atoms in total. The highest BCUT2D eigenvalue weighted by Gasteiger charge is 2.07. The standard InChI is InChI=1S/C16H22N4S/c1-4-17-14-10-15(18-11-12(2)21-3)20-16(19-14)13-8-6-5-7-9-13/h5-10,12H,4,11H2,1-3H3,(H2,17,18,19,20). The molecule has 1 aromatic heterocycles. The van der Waals surface area contributed by atoms with Gasteiger partial charge < -0.3 is 10.6 Å². The van der Waals surface area contributed by atoms with E-state index in [0.29, 0.717) is 5.25 Å². The van der Waals surface area contributed by atoms with E-state index in [1.807, 2.05) is 48.2 Å². The number of thioether (sulfide) groups is 1. The van der Waals surface area contributed by atoms with E-state index in [-0.39, 0.29) is 0 Å². The van der Waals surface area contributed by atoms with Crippen LogP contribution in [0.25, 0.3) is 11.4 Å². The number of anilines is 2. The van der Waals surface area contributed by atoms with Crippen molar-refractivity contribution in [1.82, 2.24) is 9.97 Å². The van der Waals surface area contributed by atoms with Gasteiger partial charge in [0.2, 0.25) is 0 Å². The van der Waals surface area contributed by atoms with Gasteiger partial charge in [-0.3, -0.25) is 0 Å². The van der Waals surface area contributed by atoms with Crippen molar-refractivity contribution in [3.63, 3.8) is 0 Å². The van der Waals surface area contributed by atoms with Crippen molar-refractivity contribution in [3.8, 4) is 11.4 Å². The Bertz CT molecular complexity index is 559. The first kappa shape index (κ1) is 15.6. The minimum Gasteiger partial charge on any atom is -0.370 e. The number of hydrogen-bond donors (Lipinski definition) is 2. The minimum absolute atomic E-state index is 0.544. The number of nitrogens with zero attached hydrogens (tertiary/aromatic N) is 2. The Morgan fingerprint density at radius 3 is 2.38 bits per heavy atom. The molecular weight excluding hydrogens is 280 g/mol. The fourth-order valence-corrected chi connectivity index (χ4v) is 2.11. The topological polar surface area (TPSA) is 49.8 Å². The predicted octanol–water partition coefficient (Wildman–Crippen LogP) is 3.74. The molecule has 0 radical (unpaired) electrons. The molecule has 21 heavy (non-hydrogen) atoms. The van der Waals surface area contributed by atoms with Gasteiger partial charge in [-0.25, -0.2) is 9.97 Å². The molecule has 0 saturated carbocycles. The highest BCUT2D eigenvalue weighted by Crippen LogP contribution is 2.20. The van der Waals surface area contributed by atoms with Gasteiger partial charge in [0.1, 0.15) is 11.6 Å². The normalized spacial score (nSPS) is 12.0. The fraction of sp³-hybridized carbons (Fsp3) is 0.375. The summed E-state index contributed by atoms with van der Waals surface area (Å²) in [5, 5.41) is 7.20. The maximum Gasteiger partial charge on any atom is 0.163 e. The molecule has 0 aliphatic rings. The molecule has 0 fully saturated rings. The Balaban J connectivity index is 2.26. The smallest absolute Gasteiger partial charge is 0.163 e. The Hall–Kier alpha value is -1.75. The highest BCUT2D eigenvalue weighted by molar-refractivity contribution is 7.99. The first-order valence-corrected chi connectivity index (χ1v) is 8.46. The number of rotatable bonds is 7. The molecule has 1 aromatic carbocycles. The van der Waals surface area contributed by atoms with E-state index in [2.05, 4.69) is 40.7 Å². The summed E-state index contributed by atoms with van der Waals surface area (Å²) >= 11 is 1.84. The van der Waals surface area contributed by atoms with Crippen LogP contribution in [0.2, 0.25) is 0 Å². The van der Waals surface area contributed by atoms with Crippen LogP contribution in [0, 0.1) is 0 Å². The van der Waals surface area contributed by atoms with Crippen molar-refractivity contribution in [2.75, 3.05) is 30.0 Å². The van der Waals surface area contributed by atoms with Gasteiger partial charge in [0, 0.05) is 30.0 Å². The lowest BCUT2D eigenvalue weighted by Gasteiger charge is -2.13. The Morgan fingerprint density at radius 1 is 1.10 bits per heavy atom. The monoisotopic (exact) mass is 302 g/mol. The molecule has 0 saturated heterocycles. The third kappa shape index (κ3) is 4.63. The van der Waals surface area contributed by atoms with Crippen LogP contribution < -0.4 is 10.6 Å². The van der Waals surface area contributed by atoms with Gasteiger partial charge in [0.05, 0.1) is 0 Å². The van der Waals surface area contributed by atoms with Gasteiger partial charge in [-0.1, -0.05) is 37.3 Å². The lowest BCUT2D eigenvalue weighted by Crippen LogP contribution is -2.14. The van der Waals surface area contributed by atoms with Crippen LogP contribution in [-0.4, -0.2) is 34.6 Å². The molecule has 0 amide bonds. The van der Waals surface area contributed by atoms with Crippen LogP contribution in [0.3, 0.4) is 0 Å². The van der Waals surface area contributed by atoms with Gasteiger partial charge in [-0.15, -0.1) is 0 Å². The lowest BCUT2D eigenvalue weighted by atomic mass is 10.2. The molecule has 2 N–H and O–H groups in total. The van der Waals surface area contributed by atoms with Crippen molar-refractivity contribution >= 4 is 23.4 Å². The molecule has 0 aliphatic heterocycles. The summed E-state index contributed by atoms with van der Waals surface area (Å²) < 4.78 is 0. The van der Waals surface area contributed by atoms with Gasteiger partial charge >= 0.3 is 0 Å². The van der Waals surface area contributed by atoms with E-state index in [9.17, 15) is 0 Å². The molecule has 2 rings (SSSR count). The van der Waals surface area contributed by atoms with E-state index in [1.165, 1.54) is 0 Å². The molecule has 0 aliphatic carbocycles. The van der Waals surface area contributed by atoms with Crippen LogP contribution in [-0.2, 0) is 0 Å². The summed E-state index contributed by atoms with van der Waals surface area (Å²) in [6.45, 7) is 5.99. The molecule has 5 heteroatoms. The Morgan fingerprint density at radius 2 is 1.76 bits per heavy atom. The molecule has 2 aromatic rings. The second-order valence-electron chi connectivity index (χ2n) is 4.79. The van der Waals surface area contributed by atoms with Crippen LogP contribution in [0.15, 0.2) is 36.4 Å². The Kier molecular flexibility index (Phi) is 5.87. The largest absolute Gasteiger partial charge is 0.370 e. The van der Waals surface area contributed by atoms with Crippen LogP contribution in [0.5, 0.6) is 0 Å². The van der Waals surface area contributed by atoms with Crippen LogP contribution in [0.1, 0.15) is 13.8 Å². The summed E-state index contributed by atoms with van der Waals surface area (Å²) in [6, 6.07) is 12.0. The average Bonchev–Trinajstić information content (AvgIpc) is 2.53. The zero-order valence-electron chi connectivity index (χ0n) is 12.8. The van der Waals surface area contributed by atoms with Gasteiger partial charge in [-0.05, 0) is 13.2 Å². The molecule has 1 heterocycles. The molecule has 0 bridgehead atoms. The van der Waals surface area contributed by atoms with Crippen molar-refractivity contribution in [3.05, 3.63) is 36.4 Å². The van der Waals surface area contributed by atoms with E-state index in [4.69, 9.17) is 0 Å². The third-order valence-electron chi connectivity index (χ3n) is 3.09. The predicted molar refractivity (Wildman–Crippen MR) is 93.1 cm³/mol. The number of hydrogen-bond acceptors (Lipinski definition) is 5. The zero-order chi connectivity index (χ0) is 15.1. The van der Waals surface area contributed by atoms with E-state index in [0.717, 1.165) is 36.1 Å². The van der Waals surface area contributed by atoms with E-state index in [1.54, 1.807) is 0 Å². The van der Waals surface area contributed by atoms with Gasteiger partial charge in [0.15, 0.2) is 5.82 Å². The van der Waals surface area contributed by atoms with Crippen molar-refractivity contribution in [2.45, 2.75) is 19.1 Å². The number of benzene rings is 1.